The molecule has 1 aliphatic heterocycles. The lowest BCUT2D eigenvalue weighted by Crippen LogP contribution is -2.10. The van der Waals surface area contributed by atoms with Crippen molar-refractivity contribution < 1.29 is 13.2 Å². The Morgan fingerprint density at radius 1 is 1.18 bits per heavy atom. The Morgan fingerprint density at radius 3 is 2.47 bits per heavy atom. The fourth-order valence-electron chi connectivity index (χ4n) is 2.38. The van der Waals surface area contributed by atoms with E-state index in [-0.39, 0.29) is 23.2 Å². The van der Waals surface area contributed by atoms with Crippen molar-refractivity contribution in [2.45, 2.75) is 58.3 Å². The van der Waals surface area contributed by atoms with Crippen LogP contribution in [-0.4, -0.2) is 25.7 Å². The normalized spacial score (nSPS) is 22.8. The molecule has 0 aromatic carbocycles. The standard InChI is InChI=1S/C13H24O3S/c1-2-3-4-5-6-7-13(14)10-12-8-9-17(15,16)11-12/h12H,2-11H2,1H3. The largest absolute Gasteiger partial charge is 0.300 e. The number of carbonyl (C=O) groups excluding carboxylic acids is 1. The maximum Gasteiger partial charge on any atom is 0.150 e. The molecule has 1 saturated heterocycles. The second-order valence-electron chi connectivity index (χ2n) is 5.18. The first-order chi connectivity index (χ1) is 8.03. The van der Waals surface area contributed by atoms with Crippen LogP contribution < -0.4 is 0 Å². The van der Waals surface area contributed by atoms with E-state index in [4.69, 9.17) is 0 Å². The second kappa shape index (κ2) is 7.14. The first kappa shape index (κ1) is 14.7. The van der Waals surface area contributed by atoms with Crippen LogP contribution in [0.15, 0.2) is 0 Å². The van der Waals surface area contributed by atoms with Crippen LogP contribution in [0.5, 0.6) is 0 Å². The number of unbranched alkanes of at least 4 members (excludes halogenated alkanes) is 4. The van der Waals surface area contributed by atoms with E-state index in [2.05, 4.69) is 6.92 Å². The van der Waals surface area contributed by atoms with Gasteiger partial charge in [-0.05, 0) is 18.8 Å². The highest BCUT2D eigenvalue weighted by molar-refractivity contribution is 7.91. The monoisotopic (exact) mass is 260 g/mol. The number of sulfone groups is 1. The van der Waals surface area contributed by atoms with Gasteiger partial charge in [-0.15, -0.1) is 0 Å². The smallest absolute Gasteiger partial charge is 0.150 e. The minimum atomic E-state index is -2.83. The fourth-order valence-corrected chi connectivity index (χ4v) is 4.24. The molecule has 1 fully saturated rings. The fraction of sp³-hybridized carbons (Fsp3) is 0.923. The van der Waals surface area contributed by atoms with Crippen molar-refractivity contribution >= 4 is 15.6 Å². The molecule has 0 spiro atoms. The van der Waals surface area contributed by atoms with Gasteiger partial charge in [0.25, 0.3) is 0 Å². The molecule has 3 nitrogen and oxygen atoms in total. The first-order valence-corrected chi connectivity index (χ1v) is 8.58. The topological polar surface area (TPSA) is 51.2 Å². The number of ketones is 1. The summed E-state index contributed by atoms with van der Waals surface area (Å²) in [5.74, 6) is 0.863. The Labute approximate surface area is 105 Å². The second-order valence-corrected chi connectivity index (χ2v) is 7.40. The Morgan fingerprint density at radius 2 is 1.88 bits per heavy atom. The maximum atomic E-state index is 11.6. The summed E-state index contributed by atoms with van der Waals surface area (Å²) in [4.78, 5) is 11.6. The van der Waals surface area contributed by atoms with Gasteiger partial charge in [-0.3, -0.25) is 4.79 Å². The van der Waals surface area contributed by atoms with Crippen molar-refractivity contribution in [1.82, 2.24) is 0 Å². The van der Waals surface area contributed by atoms with Gasteiger partial charge in [0.05, 0.1) is 11.5 Å². The van der Waals surface area contributed by atoms with Crippen LogP contribution in [-0.2, 0) is 14.6 Å². The van der Waals surface area contributed by atoms with Crippen molar-refractivity contribution in [2.24, 2.45) is 5.92 Å². The van der Waals surface area contributed by atoms with Crippen molar-refractivity contribution in [2.75, 3.05) is 11.5 Å². The molecule has 0 saturated carbocycles. The molecular weight excluding hydrogens is 236 g/mol. The van der Waals surface area contributed by atoms with Crippen LogP contribution in [0.4, 0.5) is 0 Å². The summed E-state index contributed by atoms with van der Waals surface area (Å²) in [6.45, 7) is 2.17. The minimum Gasteiger partial charge on any atom is -0.300 e. The molecule has 0 aromatic rings. The SMILES string of the molecule is CCCCCCCC(=O)CC1CCS(=O)(=O)C1. The van der Waals surface area contributed by atoms with Gasteiger partial charge >= 0.3 is 0 Å². The lowest BCUT2D eigenvalue weighted by Gasteiger charge is -2.06. The van der Waals surface area contributed by atoms with E-state index in [0.717, 1.165) is 12.8 Å². The maximum absolute atomic E-state index is 11.6. The van der Waals surface area contributed by atoms with Gasteiger partial charge in [0.15, 0.2) is 9.84 Å². The molecule has 17 heavy (non-hydrogen) atoms. The van der Waals surface area contributed by atoms with Gasteiger partial charge in [-0.2, -0.15) is 0 Å². The summed E-state index contributed by atoms with van der Waals surface area (Å²) in [6, 6.07) is 0. The lowest BCUT2D eigenvalue weighted by molar-refractivity contribution is -0.119. The molecule has 1 aliphatic rings. The van der Waals surface area contributed by atoms with E-state index in [0.29, 0.717) is 19.3 Å². The van der Waals surface area contributed by atoms with Gasteiger partial charge < -0.3 is 0 Å². The van der Waals surface area contributed by atoms with Crippen LogP contribution in [0, 0.1) is 5.92 Å². The third-order valence-electron chi connectivity index (χ3n) is 3.40. The molecule has 1 atom stereocenters. The molecule has 0 amide bonds. The van der Waals surface area contributed by atoms with E-state index >= 15 is 0 Å². The number of Topliss-reactive ketones (excluding diaryl/α,β-unsaturated/α-hetero) is 1. The van der Waals surface area contributed by atoms with Gasteiger partial charge in [-0.25, -0.2) is 8.42 Å². The van der Waals surface area contributed by atoms with Gasteiger partial charge in [0.1, 0.15) is 5.78 Å². The first-order valence-electron chi connectivity index (χ1n) is 6.75. The molecular formula is C13H24O3S. The Kier molecular flexibility index (Phi) is 6.17. The van der Waals surface area contributed by atoms with E-state index in [1.807, 2.05) is 0 Å². The quantitative estimate of drug-likeness (QED) is 0.631. The Bertz CT molecular complexity index is 333. The highest BCUT2D eigenvalue weighted by Gasteiger charge is 2.28. The van der Waals surface area contributed by atoms with Crippen molar-refractivity contribution in [3.63, 3.8) is 0 Å². The molecule has 1 heterocycles. The van der Waals surface area contributed by atoms with Gasteiger partial charge in [-0.1, -0.05) is 32.6 Å². The summed E-state index contributed by atoms with van der Waals surface area (Å²) in [5.41, 5.74) is 0. The van der Waals surface area contributed by atoms with Crippen LogP contribution in [0.25, 0.3) is 0 Å². The van der Waals surface area contributed by atoms with E-state index in [1.54, 1.807) is 0 Å². The summed E-state index contributed by atoms with van der Waals surface area (Å²) in [6.07, 6.45) is 7.57. The highest BCUT2D eigenvalue weighted by atomic mass is 32.2. The molecule has 1 unspecified atom stereocenters. The number of carbonyl (C=O) groups is 1. The van der Waals surface area contributed by atoms with Crippen LogP contribution in [0.1, 0.15) is 58.3 Å². The number of hydrogen-bond donors (Lipinski definition) is 0. The van der Waals surface area contributed by atoms with Crippen molar-refractivity contribution in [3.05, 3.63) is 0 Å². The molecule has 0 radical (unpaired) electrons. The van der Waals surface area contributed by atoms with Crippen LogP contribution in [0.3, 0.4) is 0 Å². The highest BCUT2D eigenvalue weighted by Crippen LogP contribution is 2.22. The molecule has 4 heteroatoms. The van der Waals surface area contributed by atoms with Crippen molar-refractivity contribution in [3.8, 4) is 0 Å². The zero-order valence-corrected chi connectivity index (χ0v) is 11.6. The van der Waals surface area contributed by atoms with Gasteiger partial charge in [0, 0.05) is 12.8 Å². The zero-order valence-electron chi connectivity index (χ0n) is 10.8. The molecule has 0 bridgehead atoms. The third-order valence-corrected chi connectivity index (χ3v) is 5.24. The van der Waals surface area contributed by atoms with E-state index in [1.165, 1.54) is 19.3 Å². The number of hydrogen-bond acceptors (Lipinski definition) is 3. The summed E-state index contributed by atoms with van der Waals surface area (Å²) < 4.78 is 22.5. The lowest BCUT2D eigenvalue weighted by atomic mass is 9.98. The molecule has 1 rings (SSSR count). The zero-order chi connectivity index (χ0) is 12.7. The summed E-state index contributed by atoms with van der Waals surface area (Å²) in [7, 11) is -2.83. The summed E-state index contributed by atoms with van der Waals surface area (Å²) >= 11 is 0. The molecule has 100 valence electrons. The van der Waals surface area contributed by atoms with E-state index in [9.17, 15) is 13.2 Å². The van der Waals surface area contributed by atoms with Crippen LogP contribution >= 0.6 is 0 Å². The van der Waals surface area contributed by atoms with Crippen LogP contribution in [0.2, 0.25) is 0 Å². The third kappa shape index (κ3) is 6.20. The molecule has 0 N–H and O–H groups in total. The predicted molar refractivity (Wildman–Crippen MR) is 69.8 cm³/mol. The average Bonchev–Trinajstić information content (AvgIpc) is 2.57. The Hall–Kier alpha value is -0.380. The molecule has 0 aliphatic carbocycles. The minimum absolute atomic E-state index is 0.100. The molecule has 0 aromatic heterocycles. The van der Waals surface area contributed by atoms with Gasteiger partial charge in [0.2, 0.25) is 0 Å². The average molecular weight is 260 g/mol. The Balaban J connectivity index is 2.09. The predicted octanol–water partition coefficient (Wildman–Crippen LogP) is 2.74. The van der Waals surface area contributed by atoms with Crippen molar-refractivity contribution in [1.29, 1.82) is 0 Å². The summed E-state index contributed by atoms with van der Waals surface area (Å²) in [5, 5.41) is 0. The van der Waals surface area contributed by atoms with E-state index < -0.39 is 9.84 Å². The number of rotatable bonds is 8.